The predicted octanol–water partition coefficient (Wildman–Crippen LogP) is 6.65. The van der Waals surface area contributed by atoms with Crippen molar-refractivity contribution >= 4 is 5.57 Å². The summed E-state index contributed by atoms with van der Waals surface area (Å²) in [7, 11) is 0. The molecular weight excluding hydrogens is 442 g/mol. The highest BCUT2D eigenvalue weighted by molar-refractivity contribution is 5.87. The topological polar surface area (TPSA) is 0 Å². The Balaban J connectivity index is 2.06. The number of allylic oxidation sites excluding steroid dienone is 1. The largest absolute Gasteiger partial charge is 0.203 e. The van der Waals surface area contributed by atoms with Crippen molar-refractivity contribution < 1.29 is 43.9 Å². The summed E-state index contributed by atoms with van der Waals surface area (Å²) in [5.41, 5.74) is -3.75. The maximum atomic E-state index is 14.3. The minimum Gasteiger partial charge on any atom is -0.203 e. The molecule has 3 aromatic carbocycles. The minimum absolute atomic E-state index is 0.162. The van der Waals surface area contributed by atoms with Crippen molar-refractivity contribution in [2.45, 2.75) is 5.92 Å². The summed E-state index contributed by atoms with van der Waals surface area (Å²) in [6.45, 7) is 0. The molecule has 1 atom stereocenters. The summed E-state index contributed by atoms with van der Waals surface area (Å²) in [4.78, 5) is 0. The van der Waals surface area contributed by atoms with Crippen molar-refractivity contribution in [3.05, 3.63) is 111 Å². The van der Waals surface area contributed by atoms with Crippen LogP contribution in [-0.4, -0.2) is 0 Å². The first-order valence-corrected chi connectivity index (χ1v) is 8.42. The highest BCUT2D eigenvalue weighted by Crippen LogP contribution is 2.46. The van der Waals surface area contributed by atoms with Crippen LogP contribution in [-0.2, 0) is 0 Å². The molecule has 0 nitrogen and oxygen atoms in total. The molecule has 0 amide bonds. The number of rotatable bonds is 2. The molecule has 0 bridgehead atoms. The lowest BCUT2D eigenvalue weighted by atomic mass is 9.91. The SMILES string of the molecule is Fc1c(F)c(F)c(C2=CC(c3c(F)c(F)c(F)c(F)c3F)c3ccccc32)c(F)c1F. The molecule has 0 saturated heterocycles. The maximum Gasteiger partial charge on any atom is 0.200 e. The van der Waals surface area contributed by atoms with Crippen LogP contribution in [0, 0.1) is 58.2 Å². The van der Waals surface area contributed by atoms with E-state index in [2.05, 4.69) is 0 Å². The van der Waals surface area contributed by atoms with E-state index in [1.54, 1.807) is 0 Å². The molecule has 160 valence electrons. The highest BCUT2D eigenvalue weighted by atomic mass is 19.2. The van der Waals surface area contributed by atoms with E-state index in [0.29, 0.717) is 6.08 Å². The Kier molecular flexibility index (Phi) is 4.83. The Morgan fingerprint density at radius 3 is 1.42 bits per heavy atom. The van der Waals surface area contributed by atoms with Gasteiger partial charge in [-0.05, 0) is 16.7 Å². The van der Waals surface area contributed by atoms with Crippen molar-refractivity contribution in [1.82, 2.24) is 0 Å². The summed E-state index contributed by atoms with van der Waals surface area (Å²) >= 11 is 0. The molecule has 1 aliphatic carbocycles. The van der Waals surface area contributed by atoms with Gasteiger partial charge in [0, 0.05) is 11.5 Å². The van der Waals surface area contributed by atoms with Crippen LogP contribution < -0.4 is 0 Å². The fraction of sp³-hybridized carbons (Fsp3) is 0.0476. The van der Waals surface area contributed by atoms with Gasteiger partial charge in [0.15, 0.2) is 46.5 Å². The molecule has 31 heavy (non-hydrogen) atoms. The molecule has 0 fully saturated rings. The van der Waals surface area contributed by atoms with Crippen LogP contribution in [0.4, 0.5) is 43.9 Å². The van der Waals surface area contributed by atoms with Crippen molar-refractivity contribution in [1.29, 1.82) is 0 Å². The van der Waals surface area contributed by atoms with Gasteiger partial charge in [-0.25, -0.2) is 43.9 Å². The number of hydrogen-bond acceptors (Lipinski definition) is 0. The zero-order valence-electron chi connectivity index (χ0n) is 14.7. The third kappa shape index (κ3) is 2.84. The van der Waals surface area contributed by atoms with E-state index in [-0.39, 0.29) is 11.1 Å². The molecular formula is C21H6F10. The summed E-state index contributed by atoms with van der Waals surface area (Å²) in [6.07, 6.45) is 0.682. The summed E-state index contributed by atoms with van der Waals surface area (Å²) in [5.74, 6) is -24.4. The fourth-order valence-electron chi connectivity index (χ4n) is 3.55. The Morgan fingerprint density at radius 2 is 0.903 bits per heavy atom. The van der Waals surface area contributed by atoms with Gasteiger partial charge in [0.2, 0.25) is 11.6 Å². The van der Waals surface area contributed by atoms with Gasteiger partial charge >= 0.3 is 0 Å². The summed E-state index contributed by atoms with van der Waals surface area (Å²) < 4.78 is 139. The third-order valence-corrected chi connectivity index (χ3v) is 4.95. The zero-order chi connectivity index (χ0) is 22.8. The van der Waals surface area contributed by atoms with E-state index in [9.17, 15) is 43.9 Å². The van der Waals surface area contributed by atoms with Gasteiger partial charge in [0.05, 0.1) is 5.56 Å². The van der Waals surface area contributed by atoms with Gasteiger partial charge in [-0.1, -0.05) is 30.3 Å². The van der Waals surface area contributed by atoms with Gasteiger partial charge in [-0.3, -0.25) is 0 Å². The van der Waals surface area contributed by atoms with Gasteiger partial charge in [-0.15, -0.1) is 0 Å². The van der Waals surface area contributed by atoms with E-state index < -0.39 is 80.8 Å². The van der Waals surface area contributed by atoms with E-state index in [4.69, 9.17) is 0 Å². The third-order valence-electron chi connectivity index (χ3n) is 4.95. The van der Waals surface area contributed by atoms with E-state index in [1.807, 2.05) is 0 Å². The molecule has 0 spiro atoms. The number of hydrogen-bond donors (Lipinski definition) is 0. The zero-order valence-corrected chi connectivity index (χ0v) is 14.7. The molecule has 0 N–H and O–H groups in total. The molecule has 0 radical (unpaired) electrons. The van der Waals surface area contributed by atoms with E-state index in [1.165, 1.54) is 12.1 Å². The molecule has 1 unspecified atom stereocenters. The minimum atomic E-state index is -2.41. The van der Waals surface area contributed by atoms with E-state index in [0.717, 1.165) is 12.1 Å². The second-order valence-electron chi connectivity index (χ2n) is 6.57. The Bertz CT molecular complexity index is 1230. The van der Waals surface area contributed by atoms with Crippen LogP contribution in [0.5, 0.6) is 0 Å². The first kappa shape index (κ1) is 21.0. The van der Waals surface area contributed by atoms with Crippen molar-refractivity contribution in [2.75, 3.05) is 0 Å². The van der Waals surface area contributed by atoms with Crippen LogP contribution in [0.3, 0.4) is 0 Å². The van der Waals surface area contributed by atoms with Gasteiger partial charge in [0.25, 0.3) is 0 Å². The average molecular weight is 448 g/mol. The van der Waals surface area contributed by atoms with Crippen molar-refractivity contribution in [3.63, 3.8) is 0 Å². The van der Waals surface area contributed by atoms with Crippen LogP contribution in [0.1, 0.15) is 28.2 Å². The Hall–Kier alpha value is -3.30. The van der Waals surface area contributed by atoms with Gasteiger partial charge in [0.1, 0.15) is 0 Å². The molecule has 0 aromatic heterocycles. The maximum absolute atomic E-state index is 14.3. The quantitative estimate of drug-likeness (QED) is 0.234. The predicted molar refractivity (Wildman–Crippen MR) is 87.8 cm³/mol. The first-order chi connectivity index (χ1) is 14.6. The lowest BCUT2D eigenvalue weighted by Gasteiger charge is -2.14. The smallest absolute Gasteiger partial charge is 0.200 e. The monoisotopic (exact) mass is 448 g/mol. The van der Waals surface area contributed by atoms with Crippen molar-refractivity contribution in [2.24, 2.45) is 0 Å². The highest BCUT2D eigenvalue weighted by Gasteiger charge is 2.37. The lowest BCUT2D eigenvalue weighted by Crippen LogP contribution is -2.10. The number of fused-ring (bicyclic) bond motifs is 1. The fourth-order valence-corrected chi connectivity index (χ4v) is 3.55. The number of halogens is 10. The van der Waals surface area contributed by atoms with Gasteiger partial charge < -0.3 is 0 Å². The number of benzene rings is 3. The van der Waals surface area contributed by atoms with Gasteiger partial charge in [-0.2, -0.15) is 0 Å². The summed E-state index contributed by atoms with van der Waals surface area (Å²) in [5, 5.41) is 0. The molecule has 3 aromatic rings. The molecule has 4 rings (SSSR count). The molecule has 0 aliphatic heterocycles. The molecule has 0 heterocycles. The normalized spacial score (nSPS) is 15.3. The Morgan fingerprint density at radius 1 is 0.484 bits per heavy atom. The first-order valence-electron chi connectivity index (χ1n) is 8.42. The lowest BCUT2D eigenvalue weighted by molar-refractivity contribution is 0.369. The Labute approximate surface area is 167 Å². The second-order valence-corrected chi connectivity index (χ2v) is 6.57. The molecule has 0 saturated carbocycles. The van der Waals surface area contributed by atoms with Crippen molar-refractivity contribution in [3.8, 4) is 0 Å². The van der Waals surface area contributed by atoms with E-state index >= 15 is 0 Å². The average Bonchev–Trinajstić information content (AvgIpc) is 3.13. The van der Waals surface area contributed by atoms with Crippen LogP contribution >= 0.6 is 0 Å². The standard InChI is InChI=1S/C21H6F10/c22-12-10(13(23)17(27)20(30)16(12)26)8-5-9(7-4-2-1-3-6(7)8)11-14(24)18(28)21(31)19(29)15(11)25/h1-5,8H. The summed E-state index contributed by atoms with van der Waals surface area (Å²) in [6, 6.07) is 4.89. The van der Waals surface area contributed by atoms with Crippen LogP contribution in [0.2, 0.25) is 0 Å². The van der Waals surface area contributed by atoms with Crippen LogP contribution in [0.15, 0.2) is 30.3 Å². The van der Waals surface area contributed by atoms with Crippen LogP contribution in [0.25, 0.3) is 5.57 Å². The molecule has 1 aliphatic rings. The second kappa shape index (κ2) is 7.14. The molecule has 10 heteroatoms.